The molecule has 0 radical (unpaired) electrons. The van der Waals surface area contributed by atoms with Gasteiger partial charge >= 0.3 is 0 Å². The lowest BCUT2D eigenvalue weighted by Gasteiger charge is -2.35. The SMILES string of the molecule is CC1(C)NC(=O)CC1C1CCCCC1. The molecule has 1 aliphatic heterocycles. The number of carbonyl (C=O) groups excluding carboxylic acids is 1. The summed E-state index contributed by atoms with van der Waals surface area (Å²) in [6.45, 7) is 4.36. The van der Waals surface area contributed by atoms with Crippen molar-refractivity contribution in [2.45, 2.75) is 57.9 Å². The summed E-state index contributed by atoms with van der Waals surface area (Å²) in [6.07, 6.45) is 7.56. The van der Waals surface area contributed by atoms with Crippen LogP contribution < -0.4 is 5.32 Å². The van der Waals surface area contributed by atoms with E-state index >= 15 is 0 Å². The lowest BCUT2D eigenvalue weighted by Crippen LogP contribution is -2.42. The van der Waals surface area contributed by atoms with Crippen molar-refractivity contribution < 1.29 is 4.79 Å². The van der Waals surface area contributed by atoms with Crippen molar-refractivity contribution in [3.8, 4) is 0 Å². The first-order chi connectivity index (χ1) is 6.59. The fourth-order valence-electron chi connectivity index (χ4n) is 3.25. The molecular formula is C12H21NO. The maximum Gasteiger partial charge on any atom is 0.220 e. The van der Waals surface area contributed by atoms with Crippen LogP contribution in [-0.4, -0.2) is 11.4 Å². The van der Waals surface area contributed by atoms with Crippen molar-refractivity contribution in [1.82, 2.24) is 5.32 Å². The second-order valence-electron chi connectivity index (χ2n) is 5.48. The van der Waals surface area contributed by atoms with Gasteiger partial charge in [-0.15, -0.1) is 0 Å². The normalized spacial score (nSPS) is 33.0. The summed E-state index contributed by atoms with van der Waals surface area (Å²) in [7, 11) is 0. The monoisotopic (exact) mass is 195 g/mol. The number of nitrogens with one attached hydrogen (secondary N) is 1. The first-order valence-corrected chi connectivity index (χ1v) is 5.90. The zero-order valence-electron chi connectivity index (χ0n) is 9.31. The third kappa shape index (κ3) is 1.79. The summed E-state index contributed by atoms with van der Waals surface area (Å²) >= 11 is 0. The largest absolute Gasteiger partial charge is 0.351 e. The Bertz CT molecular complexity index is 228. The number of hydrogen-bond donors (Lipinski definition) is 1. The number of amides is 1. The first-order valence-electron chi connectivity index (χ1n) is 5.90. The van der Waals surface area contributed by atoms with Crippen LogP contribution in [0.2, 0.25) is 0 Å². The number of carbonyl (C=O) groups is 1. The molecule has 0 bridgehead atoms. The van der Waals surface area contributed by atoms with Crippen molar-refractivity contribution in [3.05, 3.63) is 0 Å². The minimum Gasteiger partial charge on any atom is -0.351 e. The summed E-state index contributed by atoms with van der Waals surface area (Å²) < 4.78 is 0. The minimum absolute atomic E-state index is 0.0408. The van der Waals surface area contributed by atoms with E-state index in [0.29, 0.717) is 5.92 Å². The van der Waals surface area contributed by atoms with E-state index < -0.39 is 0 Å². The Labute approximate surface area is 86.5 Å². The highest BCUT2D eigenvalue weighted by molar-refractivity contribution is 5.79. The third-order valence-corrected chi connectivity index (χ3v) is 4.01. The predicted molar refractivity (Wildman–Crippen MR) is 56.9 cm³/mol. The molecule has 2 rings (SSSR count). The molecule has 80 valence electrons. The summed E-state index contributed by atoms with van der Waals surface area (Å²) in [5, 5.41) is 3.10. The van der Waals surface area contributed by atoms with Gasteiger partial charge in [0, 0.05) is 12.0 Å². The van der Waals surface area contributed by atoms with Crippen molar-refractivity contribution in [3.63, 3.8) is 0 Å². The van der Waals surface area contributed by atoms with E-state index in [0.717, 1.165) is 12.3 Å². The zero-order valence-corrected chi connectivity index (χ0v) is 9.31. The molecule has 0 aromatic carbocycles. The maximum atomic E-state index is 11.4. The van der Waals surface area contributed by atoms with E-state index in [1.807, 2.05) is 0 Å². The molecule has 2 fully saturated rings. The van der Waals surface area contributed by atoms with E-state index in [9.17, 15) is 4.79 Å². The van der Waals surface area contributed by atoms with Gasteiger partial charge in [0.05, 0.1) is 0 Å². The average Bonchev–Trinajstić information content (AvgIpc) is 2.41. The van der Waals surface area contributed by atoms with Crippen molar-refractivity contribution in [1.29, 1.82) is 0 Å². The van der Waals surface area contributed by atoms with E-state index in [2.05, 4.69) is 19.2 Å². The van der Waals surface area contributed by atoms with Crippen molar-refractivity contribution in [2.75, 3.05) is 0 Å². The quantitative estimate of drug-likeness (QED) is 0.684. The topological polar surface area (TPSA) is 29.1 Å². The Morgan fingerprint density at radius 2 is 1.86 bits per heavy atom. The van der Waals surface area contributed by atoms with E-state index in [1.54, 1.807) is 0 Å². The number of rotatable bonds is 1. The van der Waals surface area contributed by atoms with Gasteiger partial charge in [-0.05, 0) is 25.7 Å². The lowest BCUT2D eigenvalue weighted by atomic mass is 9.72. The molecule has 0 spiro atoms. The van der Waals surface area contributed by atoms with Gasteiger partial charge in [-0.3, -0.25) is 4.79 Å². The predicted octanol–water partition coefficient (Wildman–Crippen LogP) is 2.48. The van der Waals surface area contributed by atoms with E-state index in [4.69, 9.17) is 0 Å². The first kappa shape index (κ1) is 10.0. The smallest absolute Gasteiger partial charge is 0.220 e. The molecular weight excluding hydrogens is 174 g/mol. The summed E-state index contributed by atoms with van der Waals surface area (Å²) in [5.41, 5.74) is 0.0408. The molecule has 1 N–H and O–H groups in total. The fourth-order valence-corrected chi connectivity index (χ4v) is 3.25. The zero-order chi connectivity index (χ0) is 10.2. The third-order valence-electron chi connectivity index (χ3n) is 4.01. The summed E-state index contributed by atoms with van der Waals surface area (Å²) in [5.74, 6) is 1.62. The molecule has 1 amide bonds. The van der Waals surface area contributed by atoms with Crippen LogP contribution in [0.5, 0.6) is 0 Å². The molecule has 1 aliphatic carbocycles. The Morgan fingerprint density at radius 3 is 2.36 bits per heavy atom. The standard InChI is InChI=1S/C12H21NO/c1-12(2)10(8-11(14)13-12)9-6-4-3-5-7-9/h9-10H,3-8H2,1-2H3,(H,13,14). The molecule has 0 aromatic heterocycles. The molecule has 1 heterocycles. The summed E-state index contributed by atoms with van der Waals surface area (Å²) in [4.78, 5) is 11.4. The maximum absolute atomic E-state index is 11.4. The Morgan fingerprint density at radius 1 is 1.21 bits per heavy atom. The van der Waals surface area contributed by atoms with Crippen LogP contribution >= 0.6 is 0 Å². The fraction of sp³-hybridized carbons (Fsp3) is 0.917. The number of hydrogen-bond acceptors (Lipinski definition) is 1. The van der Waals surface area contributed by atoms with Gasteiger partial charge in [0.25, 0.3) is 0 Å². The summed E-state index contributed by atoms with van der Waals surface area (Å²) in [6, 6.07) is 0. The van der Waals surface area contributed by atoms with Gasteiger partial charge in [0.2, 0.25) is 5.91 Å². The van der Waals surface area contributed by atoms with Gasteiger partial charge in [0.1, 0.15) is 0 Å². The second kappa shape index (κ2) is 3.56. The molecule has 1 unspecified atom stereocenters. The molecule has 0 aromatic rings. The van der Waals surface area contributed by atoms with Crippen LogP contribution in [0.1, 0.15) is 52.4 Å². The molecule has 1 saturated heterocycles. The van der Waals surface area contributed by atoms with Crippen LogP contribution in [0.3, 0.4) is 0 Å². The Kier molecular flexibility index (Phi) is 2.54. The molecule has 1 atom stereocenters. The van der Waals surface area contributed by atoms with Crippen LogP contribution in [0, 0.1) is 11.8 Å². The lowest BCUT2D eigenvalue weighted by molar-refractivity contribution is -0.119. The highest BCUT2D eigenvalue weighted by atomic mass is 16.2. The van der Waals surface area contributed by atoms with Crippen molar-refractivity contribution >= 4 is 5.91 Å². The minimum atomic E-state index is 0.0408. The van der Waals surface area contributed by atoms with Gasteiger partial charge in [-0.2, -0.15) is 0 Å². The van der Waals surface area contributed by atoms with Crippen LogP contribution in [0.4, 0.5) is 0 Å². The van der Waals surface area contributed by atoms with Crippen LogP contribution in [0.25, 0.3) is 0 Å². The van der Waals surface area contributed by atoms with Crippen molar-refractivity contribution in [2.24, 2.45) is 11.8 Å². The van der Waals surface area contributed by atoms with Gasteiger partial charge in [-0.1, -0.05) is 32.1 Å². The molecule has 2 nitrogen and oxygen atoms in total. The van der Waals surface area contributed by atoms with Crippen LogP contribution in [-0.2, 0) is 4.79 Å². The van der Waals surface area contributed by atoms with Gasteiger partial charge in [0.15, 0.2) is 0 Å². The second-order valence-corrected chi connectivity index (χ2v) is 5.48. The Balaban J connectivity index is 2.05. The van der Waals surface area contributed by atoms with E-state index in [-0.39, 0.29) is 11.4 Å². The highest BCUT2D eigenvalue weighted by Gasteiger charge is 2.43. The van der Waals surface area contributed by atoms with Gasteiger partial charge < -0.3 is 5.32 Å². The van der Waals surface area contributed by atoms with Gasteiger partial charge in [-0.25, -0.2) is 0 Å². The molecule has 14 heavy (non-hydrogen) atoms. The molecule has 2 heteroatoms. The Hall–Kier alpha value is -0.530. The van der Waals surface area contributed by atoms with E-state index in [1.165, 1.54) is 32.1 Å². The van der Waals surface area contributed by atoms with Crippen LogP contribution in [0.15, 0.2) is 0 Å². The molecule has 2 aliphatic rings. The average molecular weight is 195 g/mol. The highest BCUT2D eigenvalue weighted by Crippen LogP contribution is 2.40. The molecule has 1 saturated carbocycles.